The average Bonchev–Trinajstić information content (AvgIpc) is 2.59. The molecule has 1 aromatic carbocycles. The summed E-state index contributed by atoms with van der Waals surface area (Å²) in [5.74, 6) is 0.545. The molecule has 1 aromatic heterocycles. The molecule has 0 unspecified atom stereocenters. The maximum atomic E-state index is 12.4. The Morgan fingerprint density at radius 2 is 2.04 bits per heavy atom. The van der Waals surface area contributed by atoms with Gasteiger partial charge in [0.1, 0.15) is 17.6 Å². The van der Waals surface area contributed by atoms with Crippen LogP contribution in [0.1, 0.15) is 32.2 Å². The molecule has 0 aliphatic rings. The molecule has 2 rings (SSSR count). The van der Waals surface area contributed by atoms with Crippen LogP contribution in [0, 0.1) is 16.7 Å². The van der Waals surface area contributed by atoms with Crippen molar-refractivity contribution in [3.63, 3.8) is 0 Å². The van der Waals surface area contributed by atoms with E-state index in [0.717, 1.165) is 0 Å². The Morgan fingerprint density at radius 1 is 1.31 bits per heavy atom. The van der Waals surface area contributed by atoms with Gasteiger partial charge in [0.05, 0.1) is 6.54 Å². The molecule has 0 saturated heterocycles. The lowest BCUT2D eigenvalue weighted by Gasteiger charge is -2.30. The van der Waals surface area contributed by atoms with Crippen LogP contribution < -0.4 is 10.2 Å². The molecule has 0 atom stereocenters. The zero-order valence-corrected chi connectivity index (χ0v) is 15.2. The topological polar surface area (TPSA) is 102 Å². The number of amides is 1. The Bertz CT molecular complexity index is 808. The van der Waals surface area contributed by atoms with Gasteiger partial charge >= 0.3 is 0 Å². The zero-order valence-electron chi connectivity index (χ0n) is 15.2. The lowest BCUT2D eigenvalue weighted by molar-refractivity contribution is -0.120. The van der Waals surface area contributed by atoms with E-state index >= 15 is 0 Å². The number of nitrogens with zero attached hydrogens (tertiary/aromatic N) is 4. The number of anilines is 1. The van der Waals surface area contributed by atoms with E-state index in [2.05, 4.69) is 36.1 Å². The molecule has 0 fully saturated rings. The number of aromatic nitrogens is 2. The minimum Gasteiger partial charge on any atom is -0.508 e. The summed E-state index contributed by atoms with van der Waals surface area (Å²) in [4.78, 5) is 22.3. The van der Waals surface area contributed by atoms with E-state index in [1.807, 2.05) is 11.0 Å². The van der Waals surface area contributed by atoms with Gasteiger partial charge in [0.25, 0.3) is 0 Å². The van der Waals surface area contributed by atoms with Crippen LogP contribution in [0.25, 0.3) is 0 Å². The van der Waals surface area contributed by atoms with Crippen LogP contribution in [-0.4, -0.2) is 34.1 Å². The van der Waals surface area contributed by atoms with Gasteiger partial charge in [-0.05, 0) is 17.5 Å². The van der Waals surface area contributed by atoms with E-state index in [4.69, 9.17) is 5.26 Å². The van der Waals surface area contributed by atoms with Gasteiger partial charge in [-0.15, -0.1) is 0 Å². The highest BCUT2D eigenvalue weighted by molar-refractivity contribution is 5.81. The molecule has 7 heteroatoms. The summed E-state index contributed by atoms with van der Waals surface area (Å²) < 4.78 is 0. The summed E-state index contributed by atoms with van der Waals surface area (Å²) >= 11 is 0. The van der Waals surface area contributed by atoms with Crippen molar-refractivity contribution in [3.8, 4) is 11.8 Å². The lowest BCUT2D eigenvalue weighted by atomic mass is 9.96. The van der Waals surface area contributed by atoms with Gasteiger partial charge < -0.3 is 15.3 Å². The van der Waals surface area contributed by atoms with Gasteiger partial charge in [0.2, 0.25) is 11.7 Å². The number of phenolic OH excluding ortho intramolecular Hbond substituents is 1. The van der Waals surface area contributed by atoms with Crippen LogP contribution in [-0.2, 0) is 11.3 Å². The second-order valence-corrected chi connectivity index (χ2v) is 7.17. The Hall–Kier alpha value is -3.14. The second-order valence-electron chi connectivity index (χ2n) is 7.17. The number of carbonyl (C=O) groups is 1. The van der Waals surface area contributed by atoms with Crippen LogP contribution in [0.15, 0.2) is 36.5 Å². The minimum absolute atomic E-state index is 0.0658. The molecule has 26 heavy (non-hydrogen) atoms. The van der Waals surface area contributed by atoms with E-state index in [0.29, 0.717) is 17.9 Å². The van der Waals surface area contributed by atoms with Gasteiger partial charge in [-0.25, -0.2) is 9.97 Å². The maximum absolute atomic E-state index is 12.4. The zero-order chi connectivity index (χ0) is 19.2. The molecule has 0 aliphatic carbocycles. The van der Waals surface area contributed by atoms with Crippen LogP contribution in [0.2, 0.25) is 0 Å². The summed E-state index contributed by atoms with van der Waals surface area (Å²) in [6.45, 7) is 7.10. The fraction of sp³-hybridized carbons (Fsp3) is 0.368. The third-order valence-corrected chi connectivity index (χ3v) is 3.53. The minimum atomic E-state index is -0.199. The summed E-state index contributed by atoms with van der Waals surface area (Å²) in [6.07, 6.45) is 1.51. The number of hydrogen-bond acceptors (Lipinski definition) is 6. The van der Waals surface area contributed by atoms with Crippen LogP contribution in [0.4, 0.5) is 5.82 Å². The fourth-order valence-corrected chi connectivity index (χ4v) is 2.45. The molecule has 0 radical (unpaired) electrons. The SMILES string of the molecule is CC(C)(C)CN(CC(=O)NCc1ccccc1O)c1ccnc(C#N)n1. The number of nitrogens with one attached hydrogen (secondary N) is 1. The number of benzene rings is 1. The molecule has 136 valence electrons. The Balaban J connectivity index is 2.09. The van der Waals surface area contributed by atoms with E-state index in [-0.39, 0.29) is 36.0 Å². The van der Waals surface area contributed by atoms with Crippen molar-refractivity contribution in [1.82, 2.24) is 15.3 Å². The monoisotopic (exact) mass is 353 g/mol. The fourth-order valence-electron chi connectivity index (χ4n) is 2.45. The van der Waals surface area contributed by atoms with Gasteiger partial charge in [0, 0.05) is 24.8 Å². The van der Waals surface area contributed by atoms with Crippen molar-refractivity contribution in [2.24, 2.45) is 5.41 Å². The Kier molecular flexibility index (Phi) is 6.12. The van der Waals surface area contributed by atoms with E-state index in [1.165, 1.54) is 6.20 Å². The average molecular weight is 353 g/mol. The molecule has 2 aromatic rings. The van der Waals surface area contributed by atoms with Gasteiger partial charge in [-0.2, -0.15) is 5.26 Å². The van der Waals surface area contributed by atoms with E-state index < -0.39 is 0 Å². The maximum Gasteiger partial charge on any atom is 0.239 e. The lowest BCUT2D eigenvalue weighted by Crippen LogP contribution is -2.41. The number of rotatable bonds is 6. The molecule has 2 N–H and O–H groups in total. The Labute approximate surface area is 153 Å². The molecular formula is C19H23N5O2. The number of aromatic hydroxyl groups is 1. The number of carbonyl (C=O) groups excluding carboxylic acids is 1. The predicted octanol–water partition coefficient (Wildman–Crippen LogP) is 2.22. The Morgan fingerprint density at radius 3 is 2.69 bits per heavy atom. The van der Waals surface area contributed by atoms with Crippen molar-refractivity contribution in [2.75, 3.05) is 18.0 Å². The molecule has 1 amide bonds. The van der Waals surface area contributed by atoms with Crippen molar-refractivity contribution < 1.29 is 9.90 Å². The first-order valence-electron chi connectivity index (χ1n) is 8.30. The van der Waals surface area contributed by atoms with Crippen molar-refractivity contribution in [1.29, 1.82) is 5.26 Å². The standard InChI is InChI=1S/C19H23N5O2/c1-19(2,3)13-24(17-8-9-21-16(10-20)23-17)12-18(26)22-11-14-6-4-5-7-15(14)25/h4-9,25H,11-13H2,1-3H3,(H,22,26). The number of phenols is 1. The molecule has 0 bridgehead atoms. The highest BCUT2D eigenvalue weighted by Gasteiger charge is 2.20. The van der Waals surface area contributed by atoms with Crippen LogP contribution in [0.5, 0.6) is 5.75 Å². The van der Waals surface area contributed by atoms with E-state index in [1.54, 1.807) is 30.3 Å². The van der Waals surface area contributed by atoms with Crippen LogP contribution >= 0.6 is 0 Å². The summed E-state index contributed by atoms with van der Waals surface area (Å²) in [7, 11) is 0. The summed E-state index contributed by atoms with van der Waals surface area (Å²) in [5, 5.41) is 21.6. The number of nitriles is 1. The molecule has 7 nitrogen and oxygen atoms in total. The third-order valence-electron chi connectivity index (χ3n) is 3.53. The van der Waals surface area contributed by atoms with Crippen molar-refractivity contribution in [2.45, 2.75) is 27.3 Å². The first kappa shape index (κ1) is 19.2. The molecule has 0 aliphatic heterocycles. The van der Waals surface area contributed by atoms with Gasteiger partial charge in [0.15, 0.2) is 0 Å². The smallest absolute Gasteiger partial charge is 0.239 e. The normalized spacial score (nSPS) is 10.8. The first-order chi connectivity index (χ1) is 12.3. The molecule has 0 saturated carbocycles. The van der Waals surface area contributed by atoms with Crippen LogP contribution in [0.3, 0.4) is 0 Å². The van der Waals surface area contributed by atoms with Gasteiger partial charge in [-0.1, -0.05) is 39.0 Å². The highest BCUT2D eigenvalue weighted by Crippen LogP contribution is 2.20. The quantitative estimate of drug-likeness (QED) is 0.825. The number of para-hydroxylation sites is 1. The summed E-state index contributed by atoms with van der Waals surface area (Å²) in [5.41, 5.74) is 0.576. The second kappa shape index (κ2) is 8.30. The van der Waals surface area contributed by atoms with Gasteiger partial charge in [-0.3, -0.25) is 4.79 Å². The number of hydrogen-bond donors (Lipinski definition) is 2. The highest BCUT2D eigenvalue weighted by atomic mass is 16.3. The first-order valence-corrected chi connectivity index (χ1v) is 8.30. The molecular weight excluding hydrogens is 330 g/mol. The van der Waals surface area contributed by atoms with Crippen molar-refractivity contribution in [3.05, 3.63) is 47.9 Å². The summed E-state index contributed by atoms with van der Waals surface area (Å²) in [6, 6.07) is 10.5. The largest absolute Gasteiger partial charge is 0.508 e. The molecule has 0 spiro atoms. The van der Waals surface area contributed by atoms with E-state index in [9.17, 15) is 9.90 Å². The predicted molar refractivity (Wildman–Crippen MR) is 98.4 cm³/mol. The van der Waals surface area contributed by atoms with Crippen molar-refractivity contribution >= 4 is 11.7 Å². The molecule has 1 heterocycles. The third kappa shape index (κ3) is 5.74.